The zero-order chi connectivity index (χ0) is 24.9. The molecule has 0 saturated carbocycles. The summed E-state index contributed by atoms with van der Waals surface area (Å²) in [5.41, 5.74) is 1.73. The van der Waals surface area contributed by atoms with Crippen LogP contribution in [0, 0.1) is 11.6 Å². The van der Waals surface area contributed by atoms with Crippen molar-refractivity contribution in [3.8, 4) is 0 Å². The maximum Gasteiger partial charge on any atom is 0.242 e. The van der Waals surface area contributed by atoms with Gasteiger partial charge in [-0.25, -0.2) is 8.78 Å². The predicted octanol–water partition coefficient (Wildman–Crippen LogP) is 4.42. The highest BCUT2D eigenvalue weighted by molar-refractivity contribution is 5.94. The highest BCUT2D eigenvalue weighted by Crippen LogP contribution is 2.27. The van der Waals surface area contributed by atoms with Crippen molar-refractivity contribution in [1.82, 2.24) is 14.4 Å². The third-order valence-corrected chi connectivity index (χ3v) is 6.61. The Bertz CT molecular complexity index is 1210. The lowest BCUT2D eigenvalue weighted by atomic mass is 10.1. The van der Waals surface area contributed by atoms with E-state index in [1.807, 2.05) is 48.1 Å². The number of carbonyl (C=O) groups excluding carboxylic acids is 2. The van der Waals surface area contributed by atoms with Crippen LogP contribution in [0.1, 0.15) is 31.7 Å². The average molecular weight is 483 g/mol. The smallest absolute Gasteiger partial charge is 0.242 e. The van der Waals surface area contributed by atoms with Gasteiger partial charge in [-0.3, -0.25) is 9.59 Å². The maximum atomic E-state index is 14.3. The fourth-order valence-corrected chi connectivity index (χ4v) is 4.69. The highest BCUT2D eigenvalue weighted by atomic mass is 19.2. The molecule has 0 atom stereocenters. The van der Waals surface area contributed by atoms with Gasteiger partial charge in [-0.05, 0) is 62.1 Å². The molecule has 1 aromatic heterocycles. The quantitative estimate of drug-likeness (QED) is 0.556. The number of rotatable bonds is 3. The van der Waals surface area contributed by atoms with Crippen molar-refractivity contribution in [2.75, 3.05) is 38.1 Å². The standard InChI is InChI=1S/C27H32F2N4O2/c1-3-26(34)33-14-7-12-30(2)11-6-13-32(18-21-16-22(28)23(29)17-25(21)33)27(35)19-31-15-10-20-8-4-5-9-24(20)31/h4-5,8-10,15-17H,3,6-7,11-14,18-19H2,1-2H3. The molecule has 2 heterocycles. The summed E-state index contributed by atoms with van der Waals surface area (Å²) in [5, 5.41) is 1.05. The van der Waals surface area contributed by atoms with E-state index in [2.05, 4.69) is 4.90 Å². The minimum absolute atomic E-state index is 0.0990. The van der Waals surface area contributed by atoms with Crippen molar-refractivity contribution < 1.29 is 18.4 Å². The van der Waals surface area contributed by atoms with E-state index in [1.165, 1.54) is 4.90 Å². The lowest BCUT2D eigenvalue weighted by Gasteiger charge is -2.31. The Morgan fingerprint density at radius 3 is 2.40 bits per heavy atom. The Morgan fingerprint density at radius 2 is 1.63 bits per heavy atom. The van der Waals surface area contributed by atoms with Crippen LogP contribution in [0.25, 0.3) is 10.9 Å². The predicted molar refractivity (Wildman–Crippen MR) is 133 cm³/mol. The van der Waals surface area contributed by atoms with Gasteiger partial charge >= 0.3 is 0 Å². The number of anilines is 1. The van der Waals surface area contributed by atoms with Crippen LogP contribution in [0.3, 0.4) is 0 Å². The van der Waals surface area contributed by atoms with E-state index in [4.69, 9.17) is 0 Å². The van der Waals surface area contributed by atoms with Crippen LogP contribution in [0.15, 0.2) is 48.7 Å². The Morgan fingerprint density at radius 1 is 0.914 bits per heavy atom. The molecule has 4 rings (SSSR count). The van der Waals surface area contributed by atoms with Gasteiger partial charge < -0.3 is 19.3 Å². The molecule has 0 aliphatic carbocycles. The largest absolute Gasteiger partial charge is 0.338 e. The molecule has 0 N–H and O–H groups in total. The Kier molecular flexibility index (Phi) is 7.80. The molecular formula is C27H32F2N4O2. The van der Waals surface area contributed by atoms with Crippen LogP contribution in [-0.4, -0.2) is 59.4 Å². The summed E-state index contributed by atoms with van der Waals surface area (Å²) in [7, 11) is 2.01. The second-order valence-electron chi connectivity index (χ2n) is 9.12. The highest BCUT2D eigenvalue weighted by Gasteiger charge is 2.24. The van der Waals surface area contributed by atoms with Crippen LogP contribution in [0.5, 0.6) is 0 Å². The summed E-state index contributed by atoms with van der Waals surface area (Å²) < 4.78 is 30.6. The van der Waals surface area contributed by atoms with Crippen LogP contribution in [0.4, 0.5) is 14.5 Å². The minimum Gasteiger partial charge on any atom is -0.338 e. The molecular weight excluding hydrogens is 450 g/mol. The number of para-hydroxylation sites is 1. The van der Waals surface area contributed by atoms with E-state index >= 15 is 0 Å². The zero-order valence-corrected chi connectivity index (χ0v) is 20.3. The van der Waals surface area contributed by atoms with Crippen molar-refractivity contribution in [2.45, 2.75) is 39.3 Å². The van der Waals surface area contributed by atoms with Gasteiger partial charge in [0.1, 0.15) is 6.54 Å². The number of benzene rings is 2. The van der Waals surface area contributed by atoms with Gasteiger partial charge in [-0.1, -0.05) is 25.1 Å². The number of aromatic nitrogens is 1. The normalized spacial score (nSPS) is 16.0. The molecule has 1 aliphatic heterocycles. The molecule has 0 saturated heterocycles. The molecule has 0 bridgehead atoms. The van der Waals surface area contributed by atoms with Crippen LogP contribution < -0.4 is 4.90 Å². The minimum atomic E-state index is -1.00. The van der Waals surface area contributed by atoms with E-state index < -0.39 is 11.6 Å². The van der Waals surface area contributed by atoms with E-state index in [0.717, 1.165) is 42.5 Å². The van der Waals surface area contributed by atoms with E-state index in [0.29, 0.717) is 30.8 Å². The molecule has 0 unspecified atom stereocenters. The topological polar surface area (TPSA) is 48.8 Å². The molecule has 0 fully saturated rings. The molecule has 0 radical (unpaired) electrons. The van der Waals surface area contributed by atoms with Gasteiger partial charge in [0.2, 0.25) is 11.8 Å². The molecule has 8 heteroatoms. The van der Waals surface area contributed by atoms with Crippen molar-refractivity contribution in [3.05, 3.63) is 65.9 Å². The number of carbonyl (C=O) groups is 2. The lowest BCUT2D eigenvalue weighted by Crippen LogP contribution is -2.39. The fraction of sp³-hybridized carbons (Fsp3) is 0.407. The molecule has 35 heavy (non-hydrogen) atoms. The first-order chi connectivity index (χ1) is 16.9. The summed E-state index contributed by atoms with van der Waals surface area (Å²) in [6.07, 6.45) is 3.60. The average Bonchev–Trinajstić information content (AvgIpc) is 3.25. The van der Waals surface area contributed by atoms with E-state index in [1.54, 1.807) is 11.8 Å². The Balaban J connectivity index is 1.69. The molecule has 2 aromatic carbocycles. The third kappa shape index (κ3) is 5.70. The number of fused-ring (bicyclic) bond motifs is 2. The number of nitrogens with zero attached hydrogens (tertiary/aromatic N) is 4. The van der Waals surface area contributed by atoms with Crippen molar-refractivity contribution in [2.24, 2.45) is 0 Å². The summed E-state index contributed by atoms with van der Waals surface area (Å²) in [6.45, 7) is 4.42. The number of hydrogen-bond acceptors (Lipinski definition) is 3. The SMILES string of the molecule is CCC(=O)N1CCCN(C)CCCN(C(=O)Cn2ccc3ccccc32)Cc2cc(F)c(F)cc21. The van der Waals surface area contributed by atoms with Gasteiger partial charge in [0.15, 0.2) is 11.6 Å². The van der Waals surface area contributed by atoms with Crippen molar-refractivity contribution in [3.63, 3.8) is 0 Å². The van der Waals surface area contributed by atoms with Crippen LogP contribution >= 0.6 is 0 Å². The molecule has 3 aromatic rings. The Hall–Kier alpha value is -3.26. The van der Waals surface area contributed by atoms with E-state index in [-0.39, 0.29) is 31.3 Å². The number of amides is 2. The van der Waals surface area contributed by atoms with Gasteiger partial charge in [0, 0.05) is 43.8 Å². The van der Waals surface area contributed by atoms with Crippen molar-refractivity contribution in [1.29, 1.82) is 0 Å². The lowest BCUT2D eigenvalue weighted by molar-refractivity contribution is -0.132. The summed E-state index contributed by atoms with van der Waals surface area (Å²) in [4.78, 5) is 31.7. The second kappa shape index (κ2) is 11.0. The monoisotopic (exact) mass is 482 g/mol. The first kappa shape index (κ1) is 24.9. The Labute approximate surface area is 204 Å². The zero-order valence-electron chi connectivity index (χ0n) is 20.3. The first-order valence-electron chi connectivity index (χ1n) is 12.2. The number of hydrogen-bond donors (Lipinski definition) is 0. The number of halogens is 2. The summed E-state index contributed by atoms with van der Waals surface area (Å²) in [5.74, 6) is -2.26. The van der Waals surface area contributed by atoms with Crippen LogP contribution in [-0.2, 0) is 22.7 Å². The van der Waals surface area contributed by atoms with Crippen LogP contribution in [0.2, 0.25) is 0 Å². The van der Waals surface area contributed by atoms with Gasteiger partial charge in [-0.2, -0.15) is 0 Å². The van der Waals surface area contributed by atoms with Gasteiger partial charge in [-0.15, -0.1) is 0 Å². The molecule has 2 amide bonds. The molecule has 1 aliphatic rings. The molecule has 0 spiro atoms. The van der Waals surface area contributed by atoms with Crippen molar-refractivity contribution >= 4 is 28.4 Å². The molecule has 6 nitrogen and oxygen atoms in total. The first-order valence-corrected chi connectivity index (χ1v) is 12.2. The maximum absolute atomic E-state index is 14.3. The third-order valence-electron chi connectivity index (χ3n) is 6.61. The second-order valence-corrected chi connectivity index (χ2v) is 9.12. The fourth-order valence-electron chi connectivity index (χ4n) is 4.69. The van der Waals surface area contributed by atoms with Gasteiger partial charge in [0.05, 0.1) is 5.69 Å². The summed E-state index contributed by atoms with van der Waals surface area (Å²) in [6, 6.07) is 12.0. The van der Waals surface area contributed by atoms with E-state index in [9.17, 15) is 18.4 Å². The van der Waals surface area contributed by atoms with Gasteiger partial charge in [0.25, 0.3) is 0 Å². The summed E-state index contributed by atoms with van der Waals surface area (Å²) >= 11 is 0. The molecule has 186 valence electrons.